The van der Waals surface area contributed by atoms with Gasteiger partial charge in [-0.05, 0) is 18.6 Å². The van der Waals surface area contributed by atoms with Crippen LogP contribution in [0, 0.1) is 17.7 Å². The third-order valence-electron chi connectivity index (χ3n) is 1.61. The van der Waals surface area contributed by atoms with Crippen LogP contribution in [0.4, 0.5) is 8.78 Å². The summed E-state index contributed by atoms with van der Waals surface area (Å²) >= 11 is 0. The second-order valence-corrected chi connectivity index (χ2v) is 2.67. The molecule has 0 unspecified atom stereocenters. The minimum atomic E-state index is -0.992. The van der Waals surface area contributed by atoms with Crippen LogP contribution in [0.2, 0.25) is 0 Å². The second kappa shape index (κ2) is 4.80. The van der Waals surface area contributed by atoms with E-state index in [1.54, 1.807) is 0 Å². The summed E-state index contributed by atoms with van der Waals surface area (Å²) in [6.45, 7) is 2.41. The second-order valence-electron chi connectivity index (χ2n) is 2.67. The maximum absolute atomic E-state index is 12.9. The fourth-order valence-electron chi connectivity index (χ4n) is 0.873. The van der Waals surface area contributed by atoms with Crippen LogP contribution in [-0.2, 0) is 0 Å². The Labute approximate surface area is 76.3 Å². The molecular weight excluding hydrogens is 174 g/mol. The Hall–Kier alpha value is -1.12. The fraction of sp³-hybridized carbons (Fsp3) is 0.400. The highest BCUT2D eigenvalue weighted by molar-refractivity contribution is 5.24. The normalized spacial score (nSPS) is 10.1. The predicted molar refractivity (Wildman–Crippen MR) is 45.6 cm³/mol. The van der Waals surface area contributed by atoms with E-state index in [0.29, 0.717) is 6.61 Å². The zero-order valence-electron chi connectivity index (χ0n) is 7.44. The molecule has 0 saturated heterocycles. The quantitative estimate of drug-likeness (QED) is 0.655. The SMILES string of the molecule is CCCCOc1cc[c]c(F)c1F. The summed E-state index contributed by atoms with van der Waals surface area (Å²) in [5.74, 6) is -1.99. The molecule has 0 amide bonds. The molecule has 0 fully saturated rings. The van der Waals surface area contributed by atoms with Crippen LogP contribution >= 0.6 is 0 Å². The molecule has 0 aliphatic rings. The van der Waals surface area contributed by atoms with E-state index >= 15 is 0 Å². The van der Waals surface area contributed by atoms with E-state index in [4.69, 9.17) is 4.74 Å². The molecule has 0 saturated carbocycles. The van der Waals surface area contributed by atoms with Gasteiger partial charge in [0.1, 0.15) is 0 Å². The lowest BCUT2D eigenvalue weighted by Gasteiger charge is -2.05. The van der Waals surface area contributed by atoms with Crippen molar-refractivity contribution in [2.24, 2.45) is 0 Å². The third kappa shape index (κ3) is 2.68. The molecule has 0 N–H and O–H groups in total. The maximum atomic E-state index is 12.9. The summed E-state index contributed by atoms with van der Waals surface area (Å²) in [5.41, 5.74) is 0. The molecule has 71 valence electrons. The number of hydrogen-bond donors (Lipinski definition) is 0. The highest BCUT2D eigenvalue weighted by Crippen LogP contribution is 2.18. The van der Waals surface area contributed by atoms with Crippen LogP contribution in [-0.4, -0.2) is 6.61 Å². The van der Waals surface area contributed by atoms with Gasteiger partial charge in [0.2, 0.25) is 5.82 Å². The number of ether oxygens (including phenoxy) is 1. The molecule has 0 aliphatic heterocycles. The summed E-state index contributed by atoms with van der Waals surface area (Å²) in [4.78, 5) is 0. The van der Waals surface area contributed by atoms with Gasteiger partial charge in [-0.15, -0.1) is 0 Å². The van der Waals surface area contributed by atoms with E-state index in [2.05, 4.69) is 6.07 Å². The number of halogens is 2. The topological polar surface area (TPSA) is 9.23 Å². The fourth-order valence-corrected chi connectivity index (χ4v) is 0.873. The lowest BCUT2D eigenvalue weighted by molar-refractivity contribution is 0.288. The van der Waals surface area contributed by atoms with E-state index in [-0.39, 0.29) is 5.75 Å². The van der Waals surface area contributed by atoms with Crippen molar-refractivity contribution < 1.29 is 13.5 Å². The van der Waals surface area contributed by atoms with E-state index in [9.17, 15) is 8.78 Å². The monoisotopic (exact) mass is 185 g/mol. The van der Waals surface area contributed by atoms with Crippen LogP contribution < -0.4 is 4.74 Å². The smallest absolute Gasteiger partial charge is 0.201 e. The first kappa shape index (κ1) is 9.96. The molecule has 1 aromatic carbocycles. The van der Waals surface area contributed by atoms with Crippen molar-refractivity contribution in [3.63, 3.8) is 0 Å². The van der Waals surface area contributed by atoms with Gasteiger partial charge in [-0.3, -0.25) is 0 Å². The Morgan fingerprint density at radius 3 is 2.92 bits per heavy atom. The number of benzene rings is 1. The first-order chi connectivity index (χ1) is 6.25. The molecule has 0 spiro atoms. The molecule has 0 atom stereocenters. The van der Waals surface area contributed by atoms with E-state index < -0.39 is 11.6 Å². The van der Waals surface area contributed by atoms with E-state index in [1.165, 1.54) is 12.1 Å². The minimum absolute atomic E-state index is 0.0373. The van der Waals surface area contributed by atoms with Crippen molar-refractivity contribution in [3.05, 3.63) is 29.8 Å². The molecule has 1 aromatic rings. The summed E-state index contributed by atoms with van der Waals surface area (Å²) in [7, 11) is 0. The molecule has 1 rings (SSSR count). The van der Waals surface area contributed by atoms with Crippen molar-refractivity contribution in [3.8, 4) is 5.75 Å². The number of unbranched alkanes of at least 4 members (excludes halogenated alkanes) is 1. The van der Waals surface area contributed by atoms with Crippen LogP contribution in [0.3, 0.4) is 0 Å². The molecule has 0 bridgehead atoms. The first-order valence-electron chi connectivity index (χ1n) is 4.24. The largest absolute Gasteiger partial charge is 0.490 e. The number of rotatable bonds is 4. The molecule has 0 aliphatic carbocycles. The summed E-state index contributed by atoms with van der Waals surface area (Å²) in [6.07, 6.45) is 1.79. The maximum Gasteiger partial charge on any atom is 0.201 e. The van der Waals surface area contributed by atoms with Gasteiger partial charge < -0.3 is 4.74 Å². The van der Waals surface area contributed by atoms with Crippen LogP contribution in [0.25, 0.3) is 0 Å². The highest BCUT2D eigenvalue weighted by atomic mass is 19.2. The van der Waals surface area contributed by atoms with Crippen LogP contribution in [0.5, 0.6) is 5.75 Å². The van der Waals surface area contributed by atoms with Crippen molar-refractivity contribution in [2.75, 3.05) is 6.61 Å². The average molecular weight is 185 g/mol. The Balaban J connectivity index is 2.61. The van der Waals surface area contributed by atoms with Crippen LogP contribution in [0.1, 0.15) is 19.8 Å². The minimum Gasteiger partial charge on any atom is -0.490 e. The zero-order valence-corrected chi connectivity index (χ0v) is 7.44. The Kier molecular flexibility index (Phi) is 3.68. The van der Waals surface area contributed by atoms with Crippen molar-refractivity contribution in [2.45, 2.75) is 19.8 Å². The highest BCUT2D eigenvalue weighted by Gasteiger charge is 2.07. The Morgan fingerprint density at radius 2 is 2.23 bits per heavy atom. The zero-order chi connectivity index (χ0) is 9.68. The van der Waals surface area contributed by atoms with Gasteiger partial charge in [0.05, 0.1) is 6.61 Å². The summed E-state index contributed by atoms with van der Waals surface area (Å²) in [5, 5.41) is 0. The van der Waals surface area contributed by atoms with Crippen molar-refractivity contribution in [1.29, 1.82) is 0 Å². The lowest BCUT2D eigenvalue weighted by Crippen LogP contribution is -1.99. The van der Waals surface area contributed by atoms with Gasteiger partial charge in [0.15, 0.2) is 11.6 Å². The predicted octanol–water partition coefficient (Wildman–Crippen LogP) is 2.94. The summed E-state index contributed by atoms with van der Waals surface area (Å²) in [6, 6.07) is 4.78. The van der Waals surface area contributed by atoms with Gasteiger partial charge in [-0.25, -0.2) is 4.39 Å². The molecule has 0 aromatic heterocycles. The van der Waals surface area contributed by atoms with Gasteiger partial charge in [-0.2, -0.15) is 4.39 Å². The first-order valence-corrected chi connectivity index (χ1v) is 4.24. The Morgan fingerprint density at radius 1 is 1.46 bits per heavy atom. The molecule has 0 heterocycles. The molecular formula is C10H11F2O. The summed E-state index contributed by atoms with van der Waals surface area (Å²) < 4.78 is 30.5. The molecule has 1 nitrogen and oxygen atoms in total. The molecule has 1 radical (unpaired) electrons. The van der Waals surface area contributed by atoms with Crippen LogP contribution in [0.15, 0.2) is 12.1 Å². The number of hydrogen-bond acceptors (Lipinski definition) is 1. The average Bonchev–Trinajstić information content (AvgIpc) is 2.13. The van der Waals surface area contributed by atoms with E-state index in [1.807, 2.05) is 6.92 Å². The third-order valence-corrected chi connectivity index (χ3v) is 1.61. The molecule has 3 heteroatoms. The standard InChI is InChI=1S/C10H11F2O/c1-2-3-7-13-9-6-4-5-8(11)10(9)12/h4,6H,2-3,7H2,1H3. The van der Waals surface area contributed by atoms with Gasteiger partial charge in [0.25, 0.3) is 0 Å². The van der Waals surface area contributed by atoms with E-state index in [0.717, 1.165) is 12.8 Å². The van der Waals surface area contributed by atoms with Gasteiger partial charge in [-0.1, -0.05) is 13.3 Å². The Bertz CT molecular complexity index is 274. The van der Waals surface area contributed by atoms with Crippen molar-refractivity contribution in [1.82, 2.24) is 0 Å². The van der Waals surface area contributed by atoms with Gasteiger partial charge >= 0.3 is 0 Å². The lowest BCUT2D eigenvalue weighted by atomic mass is 10.3. The van der Waals surface area contributed by atoms with Gasteiger partial charge in [0, 0.05) is 6.07 Å². The van der Waals surface area contributed by atoms with Crippen molar-refractivity contribution >= 4 is 0 Å². The molecule has 13 heavy (non-hydrogen) atoms.